The molecule has 0 aliphatic carbocycles. The van der Waals surface area contributed by atoms with Crippen LogP contribution in [0.5, 0.6) is 0 Å². The second-order valence-corrected chi connectivity index (χ2v) is 2.47. The summed E-state index contributed by atoms with van der Waals surface area (Å²) in [6.45, 7) is 1.41. The van der Waals surface area contributed by atoms with Gasteiger partial charge in [0.2, 0.25) is 5.89 Å². The van der Waals surface area contributed by atoms with Crippen molar-refractivity contribution >= 4 is 6.01 Å². The molecular formula is C6H10F2N4O. The van der Waals surface area contributed by atoms with Crippen molar-refractivity contribution in [1.82, 2.24) is 10.2 Å². The van der Waals surface area contributed by atoms with Crippen molar-refractivity contribution in [1.29, 1.82) is 0 Å². The first-order chi connectivity index (χ1) is 6.13. The summed E-state index contributed by atoms with van der Waals surface area (Å²) in [6.07, 6.45) is -2.48. The van der Waals surface area contributed by atoms with Crippen LogP contribution in [0.15, 0.2) is 4.42 Å². The van der Waals surface area contributed by atoms with Crippen molar-refractivity contribution in [2.45, 2.75) is 25.9 Å². The van der Waals surface area contributed by atoms with Crippen molar-refractivity contribution in [2.24, 2.45) is 5.73 Å². The van der Waals surface area contributed by atoms with Crippen LogP contribution in [0, 0.1) is 0 Å². The van der Waals surface area contributed by atoms with Gasteiger partial charge in [0, 0.05) is 0 Å². The van der Waals surface area contributed by atoms with E-state index < -0.39 is 12.5 Å². The predicted octanol–water partition coefficient (Wildman–Crippen LogP) is 0.594. The molecule has 0 spiro atoms. The van der Waals surface area contributed by atoms with Crippen molar-refractivity contribution in [3.8, 4) is 0 Å². The second-order valence-electron chi connectivity index (χ2n) is 2.47. The van der Waals surface area contributed by atoms with E-state index in [1.54, 1.807) is 0 Å². The summed E-state index contributed by atoms with van der Waals surface area (Å²) in [7, 11) is 0. The van der Waals surface area contributed by atoms with E-state index in [9.17, 15) is 8.78 Å². The summed E-state index contributed by atoms with van der Waals surface area (Å²) in [4.78, 5) is 0. The monoisotopic (exact) mass is 192 g/mol. The van der Waals surface area contributed by atoms with E-state index in [4.69, 9.17) is 10.2 Å². The SMILES string of the molecule is CC(Nc1nnc(CN)o1)C(F)F. The Balaban J connectivity index is 2.53. The minimum atomic E-state index is -2.48. The third kappa shape index (κ3) is 2.62. The highest BCUT2D eigenvalue weighted by molar-refractivity contribution is 5.19. The van der Waals surface area contributed by atoms with Gasteiger partial charge in [0.25, 0.3) is 6.43 Å². The van der Waals surface area contributed by atoms with E-state index in [2.05, 4.69) is 15.5 Å². The maximum Gasteiger partial charge on any atom is 0.315 e. The van der Waals surface area contributed by atoms with Gasteiger partial charge in [0.05, 0.1) is 12.6 Å². The maximum atomic E-state index is 12.0. The van der Waals surface area contributed by atoms with Crippen LogP contribution in [0.1, 0.15) is 12.8 Å². The second kappa shape index (κ2) is 4.13. The molecule has 13 heavy (non-hydrogen) atoms. The normalized spacial score (nSPS) is 13.3. The minimum absolute atomic E-state index is 0.0340. The minimum Gasteiger partial charge on any atom is -0.407 e. The lowest BCUT2D eigenvalue weighted by Gasteiger charge is -2.08. The largest absolute Gasteiger partial charge is 0.407 e. The van der Waals surface area contributed by atoms with Gasteiger partial charge < -0.3 is 15.5 Å². The molecule has 1 rings (SSSR count). The van der Waals surface area contributed by atoms with Gasteiger partial charge in [0.1, 0.15) is 0 Å². The number of anilines is 1. The van der Waals surface area contributed by atoms with Crippen LogP contribution in [0.4, 0.5) is 14.8 Å². The Morgan fingerprint density at radius 3 is 2.69 bits per heavy atom. The first-order valence-electron chi connectivity index (χ1n) is 3.70. The van der Waals surface area contributed by atoms with Crippen molar-refractivity contribution in [3.05, 3.63) is 5.89 Å². The Hall–Kier alpha value is -1.24. The van der Waals surface area contributed by atoms with Crippen LogP contribution in [-0.2, 0) is 6.54 Å². The molecule has 0 aliphatic heterocycles. The van der Waals surface area contributed by atoms with Gasteiger partial charge in [-0.3, -0.25) is 0 Å². The van der Waals surface area contributed by atoms with Gasteiger partial charge in [-0.05, 0) is 6.92 Å². The third-order valence-corrected chi connectivity index (χ3v) is 1.37. The number of halogens is 2. The van der Waals surface area contributed by atoms with Gasteiger partial charge in [-0.2, -0.15) is 0 Å². The maximum absolute atomic E-state index is 12.0. The van der Waals surface area contributed by atoms with Gasteiger partial charge in [-0.1, -0.05) is 5.10 Å². The quantitative estimate of drug-likeness (QED) is 0.730. The summed E-state index contributed by atoms with van der Waals surface area (Å²) >= 11 is 0. The summed E-state index contributed by atoms with van der Waals surface area (Å²) in [5, 5.41) is 9.32. The molecule has 1 unspecified atom stereocenters. The number of hydrogen-bond acceptors (Lipinski definition) is 5. The average Bonchev–Trinajstić information content (AvgIpc) is 2.52. The van der Waals surface area contributed by atoms with E-state index >= 15 is 0 Å². The predicted molar refractivity (Wildman–Crippen MR) is 41.3 cm³/mol. The van der Waals surface area contributed by atoms with Gasteiger partial charge in [-0.15, -0.1) is 5.10 Å². The lowest BCUT2D eigenvalue weighted by molar-refractivity contribution is 0.129. The molecule has 0 saturated heterocycles. The van der Waals surface area contributed by atoms with Crippen molar-refractivity contribution in [3.63, 3.8) is 0 Å². The Morgan fingerprint density at radius 1 is 1.54 bits per heavy atom. The van der Waals surface area contributed by atoms with Gasteiger partial charge >= 0.3 is 6.01 Å². The first-order valence-corrected chi connectivity index (χ1v) is 3.70. The highest BCUT2D eigenvalue weighted by Gasteiger charge is 2.16. The lowest BCUT2D eigenvalue weighted by atomic mass is 10.4. The first kappa shape index (κ1) is 9.85. The Morgan fingerprint density at radius 2 is 2.23 bits per heavy atom. The van der Waals surface area contributed by atoms with Gasteiger partial charge in [-0.25, -0.2) is 8.78 Å². The molecule has 5 nitrogen and oxygen atoms in total. The summed E-state index contributed by atoms with van der Waals surface area (Å²) < 4.78 is 28.9. The van der Waals surface area contributed by atoms with E-state index in [1.165, 1.54) is 6.92 Å². The number of nitrogens with one attached hydrogen (secondary N) is 1. The average molecular weight is 192 g/mol. The summed E-state index contributed by atoms with van der Waals surface area (Å²) in [6, 6.07) is -1.06. The van der Waals surface area contributed by atoms with E-state index in [0.717, 1.165) is 0 Å². The summed E-state index contributed by atoms with van der Waals surface area (Å²) in [5.41, 5.74) is 5.18. The Bertz CT molecular complexity index is 265. The number of alkyl halides is 2. The smallest absolute Gasteiger partial charge is 0.315 e. The molecule has 0 radical (unpaired) electrons. The third-order valence-electron chi connectivity index (χ3n) is 1.37. The Labute approximate surface area is 73.3 Å². The molecule has 0 aromatic carbocycles. The zero-order chi connectivity index (χ0) is 9.84. The highest BCUT2D eigenvalue weighted by Crippen LogP contribution is 2.09. The standard InChI is InChI=1S/C6H10F2N4O/c1-3(5(7)8)10-6-12-11-4(2-9)13-6/h3,5H,2,9H2,1H3,(H,10,12). The molecule has 1 heterocycles. The fourth-order valence-electron chi connectivity index (χ4n) is 0.652. The zero-order valence-electron chi connectivity index (χ0n) is 7.00. The number of nitrogens with two attached hydrogens (primary N) is 1. The molecule has 3 N–H and O–H groups in total. The molecule has 0 aliphatic rings. The van der Waals surface area contributed by atoms with E-state index in [0.29, 0.717) is 0 Å². The molecule has 0 amide bonds. The molecule has 1 aromatic rings. The van der Waals surface area contributed by atoms with Crippen LogP contribution in [0.25, 0.3) is 0 Å². The molecule has 1 atom stereocenters. The number of hydrogen-bond donors (Lipinski definition) is 2. The molecular weight excluding hydrogens is 182 g/mol. The Kier molecular flexibility index (Phi) is 3.13. The topological polar surface area (TPSA) is 77.0 Å². The lowest BCUT2D eigenvalue weighted by Crippen LogP contribution is -2.23. The zero-order valence-corrected chi connectivity index (χ0v) is 7.00. The van der Waals surface area contributed by atoms with E-state index in [-0.39, 0.29) is 18.5 Å². The van der Waals surface area contributed by atoms with Crippen LogP contribution in [0.2, 0.25) is 0 Å². The summed E-state index contributed by atoms with van der Waals surface area (Å²) in [5.74, 6) is 0.212. The van der Waals surface area contributed by atoms with Crippen molar-refractivity contribution < 1.29 is 13.2 Å². The molecule has 1 aromatic heterocycles. The number of aromatic nitrogens is 2. The van der Waals surface area contributed by atoms with Crippen LogP contribution >= 0.6 is 0 Å². The van der Waals surface area contributed by atoms with E-state index in [1.807, 2.05) is 0 Å². The van der Waals surface area contributed by atoms with Crippen molar-refractivity contribution in [2.75, 3.05) is 5.32 Å². The molecule has 0 bridgehead atoms. The number of nitrogens with zero attached hydrogens (tertiary/aromatic N) is 2. The molecule has 0 saturated carbocycles. The number of rotatable bonds is 4. The van der Waals surface area contributed by atoms with Crippen LogP contribution in [0.3, 0.4) is 0 Å². The molecule has 0 fully saturated rings. The van der Waals surface area contributed by atoms with Gasteiger partial charge in [0.15, 0.2) is 0 Å². The highest BCUT2D eigenvalue weighted by atomic mass is 19.3. The van der Waals surface area contributed by atoms with Crippen LogP contribution < -0.4 is 11.1 Å². The molecule has 74 valence electrons. The van der Waals surface area contributed by atoms with Crippen LogP contribution in [-0.4, -0.2) is 22.7 Å². The fourth-order valence-corrected chi connectivity index (χ4v) is 0.652. The fraction of sp³-hybridized carbons (Fsp3) is 0.667. The molecule has 7 heteroatoms.